The lowest BCUT2D eigenvalue weighted by atomic mass is 10.2. The van der Waals surface area contributed by atoms with Crippen LogP contribution in [-0.4, -0.2) is 12.0 Å². The summed E-state index contributed by atoms with van der Waals surface area (Å²) in [6.07, 6.45) is 0.104. The molecule has 0 aromatic heterocycles. The van der Waals surface area contributed by atoms with Crippen molar-refractivity contribution in [1.29, 1.82) is 0 Å². The fraction of sp³-hybridized carbons (Fsp3) is 0.174. The SMILES string of the molecule is CC(C)Oc1ccc(C(=O)Nc2ccc(OCc3ccccc3)cc2)cc1. The number of benzene rings is 3. The van der Waals surface area contributed by atoms with Crippen molar-refractivity contribution < 1.29 is 14.3 Å². The molecule has 1 N–H and O–H groups in total. The lowest BCUT2D eigenvalue weighted by Crippen LogP contribution is -2.12. The van der Waals surface area contributed by atoms with Gasteiger partial charge >= 0.3 is 0 Å². The molecule has 0 bridgehead atoms. The average molecular weight is 361 g/mol. The first-order chi connectivity index (χ1) is 13.1. The van der Waals surface area contributed by atoms with Crippen molar-refractivity contribution in [3.05, 3.63) is 90.0 Å². The van der Waals surface area contributed by atoms with Gasteiger partial charge in [0.05, 0.1) is 6.10 Å². The molecule has 0 saturated heterocycles. The lowest BCUT2D eigenvalue weighted by molar-refractivity contribution is 0.102. The van der Waals surface area contributed by atoms with E-state index in [2.05, 4.69) is 5.32 Å². The monoisotopic (exact) mass is 361 g/mol. The summed E-state index contributed by atoms with van der Waals surface area (Å²) in [5, 5.41) is 2.88. The maximum absolute atomic E-state index is 12.4. The Hall–Kier alpha value is -3.27. The third-order valence-electron chi connectivity index (χ3n) is 3.85. The van der Waals surface area contributed by atoms with Gasteiger partial charge in [-0.1, -0.05) is 30.3 Å². The minimum Gasteiger partial charge on any atom is -0.491 e. The van der Waals surface area contributed by atoms with Crippen LogP contribution in [0.5, 0.6) is 11.5 Å². The molecule has 3 aromatic carbocycles. The fourth-order valence-corrected chi connectivity index (χ4v) is 2.54. The van der Waals surface area contributed by atoms with E-state index >= 15 is 0 Å². The van der Waals surface area contributed by atoms with E-state index in [1.54, 1.807) is 24.3 Å². The Kier molecular flexibility index (Phi) is 6.10. The first-order valence-corrected chi connectivity index (χ1v) is 8.95. The molecule has 0 spiro atoms. The van der Waals surface area contributed by atoms with Crippen molar-refractivity contribution in [2.45, 2.75) is 26.6 Å². The highest BCUT2D eigenvalue weighted by Gasteiger charge is 2.07. The number of anilines is 1. The minimum atomic E-state index is -0.163. The summed E-state index contributed by atoms with van der Waals surface area (Å²) in [6.45, 7) is 4.44. The highest BCUT2D eigenvalue weighted by molar-refractivity contribution is 6.04. The van der Waals surface area contributed by atoms with Crippen LogP contribution in [0.2, 0.25) is 0 Å². The first kappa shape index (κ1) is 18.5. The zero-order valence-electron chi connectivity index (χ0n) is 15.5. The molecule has 0 unspecified atom stereocenters. The van der Waals surface area contributed by atoms with E-state index in [0.29, 0.717) is 12.2 Å². The Morgan fingerprint density at radius 1 is 0.852 bits per heavy atom. The standard InChI is InChI=1S/C23H23NO3/c1-17(2)27-22-12-8-19(9-13-22)23(25)24-20-10-14-21(15-11-20)26-16-18-6-4-3-5-7-18/h3-15,17H,16H2,1-2H3,(H,24,25). The highest BCUT2D eigenvalue weighted by atomic mass is 16.5. The number of nitrogens with one attached hydrogen (secondary N) is 1. The van der Waals surface area contributed by atoms with E-state index in [0.717, 1.165) is 22.7 Å². The number of rotatable bonds is 7. The molecule has 4 heteroatoms. The third kappa shape index (κ3) is 5.61. The summed E-state index contributed by atoms with van der Waals surface area (Å²) >= 11 is 0. The van der Waals surface area contributed by atoms with Crippen molar-refractivity contribution in [2.75, 3.05) is 5.32 Å². The fourth-order valence-electron chi connectivity index (χ4n) is 2.54. The van der Waals surface area contributed by atoms with E-state index < -0.39 is 0 Å². The Morgan fingerprint density at radius 2 is 1.48 bits per heavy atom. The Morgan fingerprint density at radius 3 is 2.11 bits per heavy atom. The maximum Gasteiger partial charge on any atom is 0.255 e. The molecule has 3 aromatic rings. The van der Waals surface area contributed by atoms with Gasteiger partial charge in [-0.2, -0.15) is 0 Å². The Bertz CT molecular complexity index is 856. The van der Waals surface area contributed by atoms with Gasteiger partial charge in [0.2, 0.25) is 0 Å². The van der Waals surface area contributed by atoms with E-state index in [1.807, 2.05) is 68.4 Å². The molecule has 27 heavy (non-hydrogen) atoms. The largest absolute Gasteiger partial charge is 0.491 e. The van der Waals surface area contributed by atoms with Crippen LogP contribution in [0, 0.1) is 0 Å². The topological polar surface area (TPSA) is 47.6 Å². The van der Waals surface area contributed by atoms with Crippen LogP contribution >= 0.6 is 0 Å². The number of hydrogen-bond donors (Lipinski definition) is 1. The van der Waals surface area contributed by atoms with Crippen LogP contribution in [0.3, 0.4) is 0 Å². The molecule has 0 aliphatic carbocycles. The lowest BCUT2D eigenvalue weighted by Gasteiger charge is -2.11. The summed E-state index contributed by atoms with van der Waals surface area (Å²) < 4.78 is 11.3. The summed E-state index contributed by atoms with van der Waals surface area (Å²) in [6, 6.07) is 24.4. The van der Waals surface area contributed by atoms with Crippen molar-refractivity contribution in [3.8, 4) is 11.5 Å². The molecular formula is C23H23NO3. The van der Waals surface area contributed by atoms with Gasteiger partial charge in [-0.15, -0.1) is 0 Å². The summed E-state index contributed by atoms with van der Waals surface area (Å²) in [4.78, 5) is 12.4. The third-order valence-corrected chi connectivity index (χ3v) is 3.85. The highest BCUT2D eigenvalue weighted by Crippen LogP contribution is 2.19. The smallest absolute Gasteiger partial charge is 0.255 e. The molecule has 0 atom stereocenters. The number of amides is 1. The molecule has 0 aliphatic heterocycles. The van der Waals surface area contributed by atoms with E-state index in [4.69, 9.17) is 9.47 Å². The predicted octanol–water partition coefficient (Wildman–Crippen LogP) is 5.31. The van der Waals surface area contributed by atoms with Gasteiger partial charge in [0, 0.05) is 11.3 Å². The zero-order valence-corrected chi connectivity index (χ0v) is 15.5. The molecule has 4 nitrogen and oxygen atoms in total. The van der Waals surface area contributed by atoms with Crippen molar-refractivity contribution in [1.82, 2.24) is 0 Å². The predicted molar refractivity (Wildman–Crippen MR) is 107 cm³/mol. The zero-order chi connectivity index (χ0) is 19.1. The van der Waals surface area contributed by atoms with Crippen molar-refractivity contribution in [2.24, 2.45) is 0 Å². The molecule has 0 radical (unpaired) electrons. The first-order valence-electron chi connectivity index (χ1n) is 8.95. The number of ether oxygens (including phenoxy) is 2. The van der Waals surface area contributed by atoms with Gasteiger partial charge in [0.15, 0.2) is 0 Å². The summed E-state index contributed by atoms with van der Waals surface area (Å²) in [7, 11) is 0. The quantitative estimate of drug-likeness (QED) is 0.621. The molecule has 0 heterocycles. The van der Waals surface area contributed by atoms with Crippen LogP contribution in [0.25, 0.3) is 0 Å². The number of carbonyl (C=O) groups is 1. The van der Waals surface area contributed by atoms with E-state index in [9.17, 15) is 4.79 Å². The Balaban J connectivity index is 1.55. The van der Waals surface area contributed by atoms with Gasteiger partial charge in [-0.3, -0.25) is 4.79 Å². The van der Waals surface area contributed by atoms with E-state index in [1.165, 1.54) is 0 Å². The van der Waals surface area contributed by atoms with Gasteiger partial charge in [0.1, 0.15) is 18.1 Å². The molecule has 3 rings (SSSR count). The molecule has 138 valence electrons. The molecule has 0 aliphatic rings. The second kappa shape index (κ2) is 8.90. The molecule has 0 saturated carbocycles. The second-order valence-electron chi connectivity index (χ2n) is 6.44. The van der Waals surface area contributed by atoms with Crippen molar-refractivity contribution >= 4 is 11.6 Å². The van der Waals surface area contributed by atoms with Gasteiger partial charge in [-0.25, -0.2) is 0 Å². The van der Waals surface area contributed by atoms with Crippen LogP contribution < -0.4 is 14.8 Å². The van der Waals surface area contributed by atoms with Crippen LogP contribution in [0.15, 0.2) is 78.9 Å². The van der Waals surface area contributed by atoms with Gasteiger partial charge in [0.25, 0.3) is 5.91 Å². The normalized spacial score (nSPS) is 10.5. The molecular weight excluding hydrogens is 338 g/mol. The summed E-state index contributed by atoms with van der Waals surface area (Å²) in [5.74, 6) is 1.34. The van der Waals surface area contributed by atoms with Crippen LogP contribution in [0.1, 0.15) is 29.8 Å². The van der Waals surface area contributed by atoms with Crippen molar-refractivity contribution in [3.63, 3.8) is 0 Å². The number of hydrogen-bond acceptors (Lipinski definition) is 3. The second-order valence-corrected chi connectivity index (χ2v) is 6.44. The van der Waals surface area contributed by atoms with Crippen LogP contribution in [-0.2, 0) is 6.61 Å². The number of carbonyl (C=O) groups excluding carboxylic acids is 1. The van der Waals surface area contributed by atoms with E-state index in [-0.39, 0.29) is 12.0 Å². The minimum absolute atomic E-state index is 0.104. The maximum atomic E-state index is 12.4. The molecule has 1 amide bonds. The Labute approximate surface area is 159 Å². The van der Waals surface area contributed by atoms with Gasteiger partial charge < -0.3 is 14.8 Å². The average Bonchev–Trinajstić information content (AvgIpc) is 2.68. The van der Waals surface area contributed by atoms with Crippen LogP contribution in [0.4, 0.5) is 5.69 Å². The van der Waals surface area contributed by atoms with Gasteiger partial charge in [-0.05, 0) is 67.9 Å². The molecule has 0 fully saturated rings. The summed E-state index contributed by atoms with van der Waals surface area (Å²) in [5.41, 5.74) is 2.41.